The lowest BCUT2D eigenvalue weighted by Crippen LogP contribution is -2.49. The van der Waals surface area contributed by atoms with E-state index in [2.05, 4.69) is 21.9 Å². The van der Waals surface area contributed by atoms with Crippen molar-refractivity contribution in [2.45, 2.75) is 26.3 Å². The minimum absolute atomic E-state index is 0.181. The van der Waals surface area contributed by atoms with Crippen LogP contribution < -0.4 is 19.5 Å². The minimum Gasteiger partial charge on any atom is -0.493 e. The normalized spacial score (nSPS) is 11.9. The number of sulfonamides is 1. The molecule has 2 rings (SSSR count). The topological polar surface area (TPSA) is 93.7 Å². The summed E-state index contributed by atoms with van der Waals surface area (Å²) in [5.74, 6) is 6.54. The van der Waals surface area contributed by atoms with Gasteiger partial charge in [-0.3, -0.25) is 4.79 Å². The van der Waals surface area contributed by atoms with Gasteiger partial charge in [0.25, 0.3) is 0 Å². The van der Waals surface area contributed by atoms with Crippen LogP contribution >= 0.6 is 11.6 Å². The van der Waals surface area contributed by atoms with Crippen molar-refractivity contribution in [3.8, 4) is 23.3 Å². The van der Waals surface area contributed by atoms with E-state index >= 15 is 0 Å². The van der Waals surface area contributed by atoms with Crippen molar-refractivity contribution in [3.63, 3.8) is 0 Å². The van der Waals surface area contributed by atoms with Crippen molar-refractivity contribution >= 4 is 27.5 Å². The number of halogens is 1. The Hall–Kier alpha value is -2.73. The van der Waals surface area contributed by atoms with Crippen LogP contribution in [0.3, 0.4) is 0 Å². The molecule has 2 N–H and O–H groups in total. The second kappa shape index (κ2) is 12.5. The minimum atomic E-state index is -3.49. The van der Waals surface area contributed by atoms with E-state index in [1.54, 1.807) is 39.2 Å². The first-order chi connectivity index (χ1) is 15.6. The van der Waals surface area contributed by atoms with Gasteiger partial charge in [-0.25, -0.2) is 13.1 Å². The maximum absolute atomic E-state index is 12.4. The zero-order valence-corrected chi connectivity index (χ0v) is 20.7. The quantitative estimate of drug-likeness (QED) is 0.497. The van der Waals surface area contributed by atoms with Gasteiger partial charge in [-0.05, 0) is 54.3 Å². The first-order valence-electron chi connectivity index (χ1n) is 10.4. The summed E-state index contributed by atoms with van der Waals surface area (Å²) in [6, 6.07) is 11.9. The molecule has 0 radical (unpaired) electrons. The van der Waals surface area contributed by atoms with Crippen LogP contribution in [0.25, 0.3) is 0 Å². The highest BCUT2D eigenvalue weighted by Crippen LogP contribution is 2.28. The van der Waals surface area contributed by atoms with E-state index in [4.69, 9.17) is 21.1 Å². The Morgan fingerprint density at radius 2 is 1.82 bits per heavy atom. The SMILES string of the molecule is COc1cc(CCNC(=O)C(NS(C)(=O)=O)C(C)C)ccc1OCC#Cc1ccc(Cl)cc1. The number of methoxy groups -OCH3 is 1. The van der Waals surface area contributed by atoms with E-state index in [1.165, 1.54) is 0 Å². The predicted molar refractivity (Wildman–Crippen MR) is 130 cm³/mol. The number of ether oxygens (including phenoxy) is 2. The van der Waals surface area contributed by atoms with Crippen LogP contribution in [0.5, 0.6) is 11.5 Å². The maximum atomic E-state index is 12.4. The fourth-order valence-corrected chi connectivity index (χ4v) is 3.90. The summed E-state index contributed by atoms with van der Waals surface area (Å²) in [5, 5.41) is 3.44. The summed E-state index contributed by atoms with van der Waals surface area (Å²) in [6.45, 7) is 4.11. The number of carbonyl (C=O) groups is 1. The molecule has 33 heavy (non-hydrogen) atoms. The molecule has 9 heteroatoms. The zero-order valence-electron chi connectivity index (χ0n) is 19.1. The largest absolute Gasteiger partial charge is 0.493 e. The van der Waals surface area contributed by atoms with Gasteiger partial charge in [0.05, 0.1) is 13.4 Å². The molecule has 0 spiro atoms. The van der Waals surface area contributed by atoms with Crippen molar-refractivity contribution in [2.24, 2.45) is 5.92 Å². The van der Waals surface area contributed by atoms with E-state index in [0.717, 1.165) is 17.4 Å². The summed E-state index contributed by atoms with van der Waals surface area (Å²) >= 11 is 5.86. The lowest BCUT2D eigenvalue weighted by atomic mass is 10.0. The second-order valence-corrected chi connectivity index (χ2v) is 9.95. The first-order valence-corrected chi connectivity index (χ1v) is 12.6. The van der Waals surface area contributed by atoms with Gasteiger partial charge < -0.3 is 14.8 Å². The summed E-state index contributed by atoms with van der Waals surface area (Å²) in [5.41, 5.74) is 1.78. The number of hydrogen-bond donors (Lipinski definition) is 2. The van der Waals surface area contributed by atoms with Gasteiger partial charge in [0.15, 0.2) is 11.5 Å². The van der Waals surface area contributed by atoms with Gasteiger partial charge in [-0.1, -0.05) is 43.4 Å². The Balaban J connectivity index is 1.91. The van der Waals surface area contributed by atoms with Crippen molar-refractivity contribution in [2.75, 3.05) is 26.5 Å². The van der Waals surface area contributed by atoms with Crippen LogP contribution in [0.1, 0.15) is 25.0 Å². The highest BCUT2D eigenvalue weighted by Gasteiger charge is 2.24. The molecule has 0 bridgehead atoms. The molecule has 0 aromatic heterocycles. The third-order valence-corrected chi connectivity index (χ3v) is 5.54. The molecule has 1 unspecified atom stereocenters. The number of hydrogen-bond acceptors (Lipinski definition) is 5. The smallest absolute Gasteiger partial charge is 0.238 e. The van der Waals surface area contributed by atoms with Crippen LogP contribution in [-0.4, -0.2) is 46.9 Å². The molecule has 0 aliphatic rings. The molecule has 0 fully saturated rings. The number of benzene rings is 2. The number of nitrogens with one attached hydrogen (secondary N) is 2. The monoisotopic (exact) mass is 492 g/mol. The average Bonchev–Trinajstić information content (AvgIpc) is 2.76. The summed E-state index contributed by atoms with van der Waals surface area (Å²) in [4.78, 5) is 12.4. The van der Waals surface area contributed by atoms with Crippen molar-refractivity contribution in [1.29, 1.82) is 0 Å². The lowest BCUT2D eigenvalue weighted by Gasteiger charge is -2.20. The molecule has 1 amide bonds. The van der Waals surface area contributed by atoms with E-state index in [1.807, 2.05) is 24.3 Å². The van der Waals surface area contributed by atoms with E-state index in [-0.39, 0.29) is 18.4 Å². The second-order valence-electron chi connectivity index (χ2n) is 7.74. The predicted octanol–water partition coefficient (Wildman–Crippen LogP) is 3.01. The zero-order chi connectivity index (χ0) is 24.4. The first kappa shape index (κ1) is 26.5. The van der Waals surface area contributed by atoms with Crippen molar-refractivity contribution in [3.05, 3.63) is 58.6 Å². The van der Waals surface area contributed by atoms with Gasteiger partial charge in [0.2, 0.25) is 15.9 Å². The Morgan fingerprint density at radius 1 is 1.12 bits per heavy atom. The van der Waals surface area contributed by atoms with Gasteiger partial charge in [0, 0.05) is 17.1 Å². The van der Waals surface area contributed by atoms with Gasteiger partial charge >= 0.3 is 0 Å². The molecule has 2 aromatic carbocycles. The summed E-state index contributed by atoms with van der Waals surface area (Å²) < 4.78 is 36.5. The molecule has 0 saturated carbocycles. The molecule has 178 valence electrons. The Morgan fingerprint density at radius 3 is 2.42 bits per heavy atom. The molecule has 7 nitrogen and oxygen atoms in total. The number of amides is 1. The number of rotatable bonds is 10. The van der Waals surface area contributed by atoms with Crippen molar-refractivity contribution < 1.29 is 22.7 Å². The van der Waals surface area contributed by atoms with Crippen LogP contribution in [0.4, 0.5) is 0 Å². The van der Waals surface area contributed by atoms with E-state index in [9.17, 15) is 13.2 Å². The van der Waals surface area contributed by atoms with Crippen LogP contribution in [0, 0.1) is 17.8 Å². The van der Waals surface area contributed by atoms with Gasteiger partial charge in [-0.15, -0.1) is 0 Å². The maximum Gasteiger partial charge on any atom is 0.238 e. The molecular formula is C24H29ClN2O5S. The highest BCUT2D eigenvalue weighted by molar-refractivity contribution is 7.88. The summed E-state index contributed by atoms with van der Waals surface area (Å²) in [6.07, 6.45) is 1.58. The Labute approximate surface area is 200 Å². The molecule has 0 aliphatic heterocycles. The molecule has 0 heterocycles. The molecule has 2 aromatic rings. The molecule has 0 saturated heterocycles. The van der Waals surface area contributed by atoms with Crippen molar-refractivity contribution in [1.82, 2.24) is 10.0 Å². The van der Waals surface area contributed by atoms with Crippen LogP contribution in [-0.2, 0) is 21.2 Å². The molecular weight excluding hydrogens is 464 g/mol. The number of carbonyl (C=O) groups excluding carboxylic acids is 1. The summed E-state index contributed by atoms with van der Waals surface area (Å²) in [7, 11) is -1.94. The fourth-order valence-electron chi connectivity index (χ4n) is 2.93. The van der Waals surface area contributed by atoms with E-state index < -0.39 is 16.1 Å². The average molecular weight is 493 g/mol. The standard InChI is InChI=1S/C24H29ClN2O5S/c1-17(2)23(27-33(4,29)30)24(28)26-14-13-19-9-12-21(22(16-19)31-3)32-15-5-6-18-7-10-20(25)11-8-18/h7-12,16-17,23,27H,13-15H2,1-4H3,(H,26,28). The third-order valence-electron chi connectivity index (χ3n) is 4.61. The Kier molecular flexibility index (Phi) is 10.0. The lowest BCUT2D eigenvalue weighted by molar-refractivity contribution is -0.123. The van der Waals surface area contributed by atoms with E-state index in [0.29, 0.717) is 29.5 Å². The molecule has 1 atom stereocenters. The highest BCUT2D eigenvalue weighted by atomic mass is 35.5. The third kappa shape index (κ3) is 9.34. The van der Waals surface area contributed by atoms with Crippen LogP contribution in [0.2, 0.25) is 5.02 Å². The van der Waals surface area contributed by atoms with Gasteiger partial charge in [-0.2, -0.15) is 0 Å². The van der Waals surface area contributed by atoms with Crippen LogP contribution in [0.15, 0.2) is 42.5 Å². The Bertz CT molecular complexity index is 1110. The molecule has 0 aliphatic carbocycles. The fraction of sp³-hybridized carbons (Fsp3) is 0.375. The van der Waals surface area contributed by atoms with Gasteiger partial charge in [0.1, 0.15) is 12.6 Å².